The molecular weight excluding hydrogens is 392 g/mol. The fourth-order valence-electron chi connectivity index (χ4n) is 2.62. The second-order valence-electron chi connectivity index (χ2n) is 6.68. The second-order valence-corrected chi connectivity index (χ2v) is 7.12. The lowest BCUT2D eigenvalue weighted by Gasteiger charge is -2.16. The van der Waals surface area contributed by atoms with Gasteiger partial charge in [0.25, 0.3) is 0 Å². The molecule has 0 fully saturated rings. The number of nitrogens with zero attached hydrogens (tertiary/aromatic N) is 3. The van der Waals surface area contributed by atoms with Crippen molar-refractivity contribution in [1.82, 2.24) is 15.0 Å². The SMILES string of the molecule is Cc1ccc(NC(=O)CN(C)C(=O)CCc2nc(-c3ccc(Cl)cc3)no2)cc1. The number of hydrogen-bond acceptors (Lipinski definition) is 5. The number of amides is 2. The van der Waals surface area contributed by atoms with Crippen LogP contribution < -0.4 is 5.32 Å². The lowest BCUT2D eigenvalue weighted by Crippen LogP contribution is -2.35. The van der Waals surface area contributed by atoms with Crippen LogP contribution in [0.15, 0.2) is 53.1 Å². The number of nitrogens with one attached hydrogen (secondary N) is 1. The highest BCUT2D eigenvalue weighted by Gasteiger charge is 2.15. The van der Waals surface area contributed by atoms with Crippen LogP contribution in [0.2, 0.25) is 5.02 Å². The smallest absolute Gasteiger partial charge is 0.243 e. The molecule has 0 aliphatic heterocycles. The highest BCUT2D eigenvalue weighted by molar-refractivity contribution is 6.30. The number of halogens is 1. The van der Waals surface area contributed by atoms with E-state index in [1.165, 1.54) is 4.90 Å². The number of carbonyl (C=O) groups is 2. The third-order valence-electron chi connectivity index (χ3n) is 4.27. The highest BCUT2D eigenvalue weighted by Crippen LogP contribution is 2.19. The van der Waals surface area contributed by atoms with Crippen molar-refractivity contribution < 1.29 is 14.1 Å². The molecule has 150 valence electrons. The molecule has 3 rings (SSSR count). The molecule has 0 spiro atoms. The minimum Gasteiger partial charge on any atom is -0.339 e. The van der Waals surface area contributed by atoms with Gasteiger partial charge in [0, 0.05) is 36.2 Å². The Morgan fingerprint density at radius 1 is 1.10 bits per heavy atom. The number of hydrogen-bond donors (Lipinski definition) is 1. The van der Waals surface area contributed by atoms with Gasteiger partial charge in [-0.15, -0.1) is 0 Å². The predicted octanol–water partition coefficient (Wildman–Crippen LogP) is 3.73. The Labute approximate surface area is 173 Å². The zero-order valence-corrected chi connectivity index (χ0v) is 16.9. The van der Waals surface area contributed by atoms with Gasteiger partial charge in [-0.1, -0.05) is 34.5 Å². The van der Waals surface area contributed by atoms with Crippen LogP contribution in [-0.2, 0) is 16.0 Å². The third kappa shape index (κ3) is 5.89. The summed E-state index contributed by atoms with van der Waals surface area (Å²) in [6.45, 7) is 1.94. The lowest BCUT2D eigenvalue weighted by atomic mass is 10.2. The summed E-state index contributed by atoms with van der Waals surface area (Å²) < 4.78 is 5.21. The van der Waals surface area contributed by atoms with Crippen LogP contribution in [-0.4, -0.2) is 40.4 Å². The zero-order chi connectivity index (χ0) is 20.8. The lowest BCUT2D eigenvalue weighted by molar-refractivity contribution is -0.133. The molecule has 0 atom stereocenters. The number of carbonyl (C=O) groups excluding carboxylic acids is 2. The van der Waals surface area contributed by atoms with Gasteiger partial charge in [-0.05, 0) is 43.3 Å². The summed E-state index contributed by atoms with van der Waals surface area (Å²) in [4.78, 5) is 30.1. The normalized spacial score (nSPS) is 10.6. The quantitative estimate of drug-likeness (QED) is 0.638. The number of benzene rings is 2. The monoisotopic (exact) mass is 412 g/mol. The summed E-state index contributed by atoms with van der Waals surface area (Å²) in [5.74, 6) is 0.360. The molecule has 1 aromatic heterocycles. The Morgan fingerprint density at radius 3 is 2.48 bits per heavy atom. The standard InChI is InChI=1S/C21H21ClN4O3/c1-14-3-9-17(10-4-14)23-18(27)13-26(2)20(28)12-11-19-24-21(25-29-19)15-5-7-16(22)8-6-15/h3-10H,11-13H2,1-2H3,(H,23,27). The first-order chi connectivity index (χ1) is 13.9. The fourth-order valence-corrected chi connectivity index (χ4v) is 2.74. The van der Waals surface area contributed by atoms with Gasteiger partial charge in [0.15, 0.2) is 0 Å². The van der Waals surface area contributed by atoms with Crippen LogP contribution in [0.3, 0.4) is 0 Å². The Bertz CT molecular complexity index is 984. The number of aryl methyl sites for hydroxylation is 2. The first-order valence-corrected chi connectivity index (χ1v) is 9.47. The minimum absolute atomic E-state index is 0.0352. The Hall–Kier alpha value is -3.19. The van der Waals surface area contributed by atoms with E-state index in [2.05, 4.69) is 15.5 Å². The molecule has 0 bridgehead atoms. The van der Waals surface area contributed by atoms with E-state index in [-0.39, 0.29) is 24.8 Å². The van der Waals surface area contributed by atoms with E-state index in [9.17, 15) is 9.59 Å². The number of rotatable bonds is 7. The van der Waals surface area contributed by atoms with Crippen LogP contribution in [0.4, 0.5) is 5.69 Å². The molecule has 2 amide bonds. The van der Waals surface area contributed by atoms with Crippen molar-refractivity contribution in [3.63, 3.8) is 0 Å². The van der Waals surface area contributed by atoms with Crippen molar-refractivity contribution in [2.75, 3.05) is 18.9 Å². The molecule has 0 unspecified atom stereocenters. The van der Waals surface area contributed by atoms with Gasteiger partial charge in [0.2, 0.25) is 23.5 Å². The molecule has 29 heavy (non-hydrogen) atoms. The molecule has 0 radical (unpaired) electrons. The van der Waals surface area contributed by atoms with E-state index < -0.39 is 0 Å². The molecule has 3 aromatic rings. The van der Waals surface area contributed by atoms with Crippen LogP contribution in [0.1, 0.15) is 17.9 Å². The predicted molar refractivity (Wildman–Crippen MR) is 111 cm³/mol. The molecule has 2 aromatic carbocycles. The molecule has 1 heterocycles. The average molecular weight is 413 g/mol. The third-order valence-corrected chi connectivity index (χ3v) is 4.52. The first-order valence-electron chi connectivity index (χ1n) is 9.10. The Balaban J connectivity index is 1.48. The van der Waals surface area contributed by atoms with Crippen LogP contribution >= 0.6 is 11.6 Å². The molecular formula is C21H21ClN4O3. The van der Waals surface area contributed by atoms with E-state index in [1.54, 1.807) is 31.3 Å². The molecule has 0 saturated heterocycles. The van der Waals surface area contributed by atoms with Gasteiger partial charge < -0.3 is 14.7 Å². The van der Waals surface area contributed by atoms with Crippen LogP contribution in [0.25, 0.3) is 11.4 Å². The van der Waals surface area contributed by atoms with Gasteiger partial charge in [-0.2, -0.15) is 4.98 Å². The fraction of sp³-hybridized carbons (Fsp3) is 0.238. The van der Waals surface area contributed by atoms with Crippen LogP contribution in [0.5, 0.6) is 0 Å². The van der Waals surface area contributed by atoms with Gasteiger partial charge in [0.1, 0.15) is 0 Å². The zero-order valence-electron chi connectivity index (χ0n) is 16.2. The molecule has 8 heteroatoms. The van der Waals surface area contributed by atoms with Crippen molar-refractivity contribution in [3.05, 3.63) is 65.0 Å². The van der Waals surface area contributed by atoms with Crippen molar-refractivity contribution in [1.29, 1.82) is 0 Å². The summed E-state index contributed by atoms with van der Waals surface area (Å²) in [6.07, 6.45) is 0.458. The van der Waals surface area contributed by atoms with Gasteiger partial charge in [-0.25, -0.2) is 0 Å². The second kappa shape index (κ2) is 9.34. The molecule has 0 aliphatic rings. The first kappa shape index (κ1) is 20.5. The van der Waals surface area contributed by atoms with Crippen molar-refractivity contribution >= 4 is 29.1 Å². The Kier molecular flexibility index (Phi) is 6.61. The van der Waals surface area contributed by atoms with Gasteiger partial charge in [0.05, 0.1) is 6.54 Å². The van der Waals surface area contributed by atoms with E-state index in [1.807, 2.05) is 31.2 Å². The summed E-state index contributed by atoms with van der Waals surface area (Å²) >= 11 is 5.87. The van der Waals surface area contributed by atoms with E-state index >= 15 is 0 Å². The van der Waals surface area contributed by atoms with Crippen molar-refractivity contribution in [2.24, 2.45) is 0 Å². The number of likely N-dealkylation sites (N-methyl/N-ethyl adjacent to an activating group) is 1. The summed E-state index contributed by atoms with van der Waals surface area (Å²) in [7, 11) is 1.59. The maximum absolute atomic E-state index is 12.3. The maximum Gasteiger partial charge on any atom is 0.243 e. The topological polar surface area (TPSA) is 88.3 Å². The van der Waals surface area contributed by atoms with E-state index in [0.29, 0.717) is 28.8 Å². The molecule has 1 N–H and O–H groups in total. The molecule has 0 aliphatic carbocycles. The van der Waals surface area contributed by atoms with Crippen LogP contribution in [0, 0.1) is 6.92 Å². The minimum atomic E-state index is -0.257. The molecule has 7 nitrogen and oxygen atoms in total. The Morgan fingerprint density at radius 2 is 1.79 bits per heavy atom. The largest absolute Gasteiger partial charge is 0.339 e. The van der Waals surface area contributed by atoms with Gasteiger partial charge >= 0.3 is 0 Å². The summed E-state index contributed by atoms with van der Waals surface area (Å²) in [5, 5.41) is 7.32. The summed E-state index contributed by atoms with van der Waals surface area (Å²) in [5.41, 5.74) is 2.58. The maximum atomic E-state index is 12.3. The highest BCUT2D eigenvalue weighted by atomic mass is 35.5. The van der Waals surface area contributed by atoms with Gasteiger partial charge in [-0.3, -0.25) is 9.59 Å². The number of aromatic nitrogens is 2. The summed E-state index contributed by atoms with van der Waals surface area (Å²) in [6, 6.07) is 14.5. The average Bonchev–Trinajstić information content (AvgIpc) is 3.17. The molecule has 0 saturated carbocycles. The van der Waals surface area contributed by atoms with Crippen molar-refractivity contribution in [2.45, 2.75) is 19.8 Å². The van der Waals surface area contributed by atoms with Crippen molar-refractivity contribution in [3.8, 4) is 11.4 Å². The number of anilines is 1. The van der Waals surface area contributed by atoms with E-state index in [0.717, 1.165) is 11.1 Å². The van der Waals surface area contributed by atoms with E-state index in [4.69, 9.17) is 16.1 Å².